The van der Waals surface area contributed by atoms with Crippen LogP contribution in [0.15, 0.2) is 30.3 Å². The average Bonchev–Trinajstić information content (AvgIpc) is 3.26. The summed E-state index contributed by atoms with van der Waals surface area (Å²) in [5.41, 5.74) is 5.94. The van der Waals surface area contributed by atoms with Crippen LogP contribution < -0.4 is 27.0 Å². The number of carbonyl (C=O) groups excluding carboxylic acids is 4. The predicted molar refractivity (Wildman–Crippen MR) is 109 cm³/mol. The van der Waals surface area contributed by atoms with Gasteiger partial charge in [0.25, 0.3) is 0 Å². The summed E-state index contributed by atoms with van der Waals surface area (Å²) in [4.78, 5) is 59.8. The maximum atomic E-state index is 12.9. The van der Waals surface area contributed by atoms with Crippen molar-refractivity contribution in [3.8, 4) is 0 Å². The molecule has 1 aliphatic heterocycles. The lowest BCUT2D eigenvalue weighted by Crippen LogP contribution is -2.57. The second kappa shape index (κ2) is 11.6. The molecule has 0 bridgehead atoms. The van der Waals surface area contributed by atoms with Crippen LogP contribution in [0.5, 0.6) is 0 Å². The molecule has 31 heavy (non-hydrogen) atoms. The highest BCUT2D eigenvalue weighted by Crippen LogP contribution is 2.08. The summed E-state index contributed by atoms with van der Waals surface area (Å²) in [7, 11) is 0. The van der Waals surface area contributed by atoms with Crippen LogP contribution in [0.3, 0.4) is 0 Å². The lowest BCUT2D eigenvalue weighted by molar-refractivity contribution is -0.138. The Hall–Kier alpha value is -3.47. The minimum absolute atomic E-state index is 0.158. The first-order valence-electron chi connectivity index (χ1n) is 9.92. The van der Waals surface area contributed by atoms with Gasteiger partial charge in [-0.2, -0.15) is 0 Å². The van der Waals surface area contributed by atoms with Crippen molar-refractivity contribution in [1.82, 2.24) is 21.3 Å². The molecule has 4 amide bonds. The smallest absolute Gasteiger partial charge is 0.322 e. The summed E-state index contributed by atoms with van der Waals surface area (Å²) in [5.74, 6) is -4.02. The number of carbonyl (C=O) groups is 5. The number of amides is 4. The number of carboxylic acid groups (broad SMARTS) is 1. The first-order valence-corrected chi connectivity index (χ1v) is 9.92. The highest BCUT2D eigenvalue weighted by molar-refractivity contribution is 5.95. The standard InChI is InChI=1S/C20H27N5O6/c21-16(26)10-15(18(29)23-11-17(27)28)25-20(31)14(9-12-5-2-1-3-6-12)24-19(30)13-7-4-8-22-13/h1-3,5-6,13-15,22H,4,7-11H2,(H2,21,26)(H,23,29)(H,24,30)(H,25,31)(H,27,28). The Morgan fingerprint density at radius 3 is 2.35 bits per heavy atom. The van der Waals surface area contributed by atoms with Gasteiger partial charge in [-0.15, -0.1) is 0 Å². The van der Waals surface area contributed by atoms with Crippen molar-refractivity contribution in [2.75, 3.05) is 13.1 Å². The number of benzene rings is 1. The van der Waals surface area contributed by atoms with Crippen molar-refractivity contribution in [2.24, 2.45) is 5.73 Å². The number of aliphatic carboxylic acids is 1. The highest BCUT2D eigenvalue weighted by atomic mass is 16.4. The van der Waals surface area contributed by atoms with E-state index >= 15 is 0 Å². The molecule has 0 spiro atoms. The lowest BCUT2D eigenvalue weighted by atomic mass is 10.0. The predicted octanol–water partition coefficient (Wildman–Crippen LogP) is -1.97. The topological polar surface area (TPSA) is 180 Å². The monoisotopic (exact) mass is 433 g/mol. The van der Waals surface area contributed by atoms with Crippen LogP contribution in [0.1, 0.15) is 24.8 Å². The van der Waals surface area contributed by atoms with Gasteiger partial charge in [-0.05, 0) is 24.9 Å². The molecule has 7 N–H and O–H groups in total. The van der Waals surface area contributed by atoms with E-state index in [1.165, 1.54) is 0 Å². The van der Waals surface area contributed by atoms with Gasteiger partial charge in [-0.1, -0.05) is 30.3 Å². The van der Waals surface area contributed by atoms with Gasteiger partial charge in [0, 0.05) is 6.42 Å². The van der Waals surface area contributed by atoms with E-state index in [0.29, 0.717) is 13.0 Å². The zero-order valence-corrected chi connectivity index (χ0v) is 16.9. The zero-order chi connectivity index (χ0) is 22.8. The molecule has 3 unspecified atom stereocenters. The molecule has 0 aromatic heterocycles. The Balaban J connectivity index is 2.13. The van der Waals surface area contributed by atoms with E-state index in [4.69, 9.17) is 10.8 Å². The Bertz CT molecular complexity index is 810. The first-order chi connectivity index (χ1) is 14.8. The Morgan fingerprint density at radius 1 is 1.06 bits per heavy atom. The third kappa shape index (κ3) is 8.05. The summed E-state index contributed by atoms with van der Waals surface area (Å²) >= 11 is 0. The number of hydrogen-bond acceptors (Lipinski definition) is 6. The molecule has 0 saturated carbocycles. The van der Waals surface area contributed by atoms with Crippen LogP contribution >= 0.6 is 0 Å². The van der Waals surface area contributed by atoms with Crippen molar-refractivity contribution in [1.29, 1.82) is 0 Å². The molecular formula is C20H27N5O6. The third-order valence-electron chi connectivity index (χ3n) is 4.74. The number of rotatable bonds is 11. The molecule has 11 heteroatoms. The van der Waals surface area contributed by atoms with Crippen LogP contribution in [0, 0.1) is 0 Å². The highest BCUT2D eigenvalue weighted by Gasteiger charge is 2.30. The summed E-state index contributed by atoms with van der Waals surface area (Å²) in [5, 5.41) is 19.0. The second-order valence-electron chi connectivity index (χ2n) is 7.24. The maximum absolute atomic E-state index is 12.9. The Kier molecular flexibility index (Phi) is 8.94. The molecule has 3 atom stereocenters. The quantitative estimate of drug-likeness (QED) is 0.234. The van der Waals surface area contributed by atoms with Crippen LogP contribution in [0.2, 0.25) is 0 Å². The van der Waals surface area contributed by atoms with Crippen molar-refractivity contribution in [2.45, 2.75) is 43.8 Å². The fourth-order valence-electron chi connectivity index (χ4n) is 3.21. The van der Waals surface area contributed by atoms with Gasteiger partial charge in [-0.3, -0.25) is 24.0 Å². The molecule has 1 aliphatic rings. The summed E-state index contributed by atoms with van der Waals surface area (Å²) in [6.07, 6.45) is 1.13. The Labute approximate surface area is 179 Å². The molecule has 1 aromatic carbocycles. The molecule has 1 fully saturated rings. The SMILES string of the molecule is NC(=O)CC(NC(=O)C(Cc1ccccc1)NC(=O)C1CCCN1)C(=O)NCC(=O)O. The van der Waals surface area contributed by atoms with E-state index in [-0.39, 0.29) is 12.3 Å². The number of primary amides is 1. The van der Waals surface area contributed by atoms with Gasteiger partial charge in [0.1, 0.15) is 18.6 Å². The van der Waals surface area contributed by atoms with Crippen molar-refractivity contribution in [3.63, 3.8) is 0 Å². The first kappa shape index (κ1) is 23.8. The number of nitrogens with one attached hydrogen (secondary N) is 4. The average molecular weight is 433 g/mol. The van der Waals surface area contributed by atoms with E-state index in [1.54, 1.807) is 24.3 Å². The molecule has 1 aromatic rings. The van der Waals surface area contributed by atoms with Crippen LogP contribution in [-0.2, 0) is 30.4 Å². The Morgan fingerprint density at radius 2 is 1.77 bits per heavy atom. The molecule has 0 radical (unpaired) electrons. The molecule has 2 rings (SSSR count). The molecule has 0 aliphatic carbocycles. The second-order valence-corrected chi connectivity index (χ2v) is 7.24. The van der Waals surface area contributed by atoms with Crippen LogP contribution in [0.25, 0.3) is 0 Å². The molecule has 11 nitrogen and oxygen atoms in total. The van der Waals surface area contributed by atoms with E-state index < -0.39 is 54.8 Å². The van der Waals surface area contributed by atoms with Gasteiger partial charge in [0.05, 0.1) is 12.5 Å². The van der Waals surface area contributed by atoms with Crippen LogP contribution in [0.4, 0.5) is 0 Å². The van der Waals surface area contributed by atoms with Gasteiger partial charge in [0.15, 0.2) is 0 Å². The van der Waals surface area contributed by atoms with Crippen LogP contribution in [-0.4, -0.2) is 65.9 Å². The summed E-state index contributed by atoms with van der Waals surface area (Å²) in [6.45, 7) is 0.0273. The molecule has 1 heterocycles. The van der Waals surface area contributed by atoms with Gasteiger partial charge < -0.3 is 32.1 Å². The fraction of sp³-hybridized carbons (Fsp3) is 0.450. The van der Waals surface area contributed by atoms with E-state index in [2.05, 4.69) is 21.3 Å². The van der Waals surface area contributed by atoms with Gasteiger partial charge in [0.2, 0.25) is 23.6 Å². The third-order valence-corrected chi connectivity index (χ3v) is 4.74. The van der Waals surface area contributed by atoms with Gasteiger partial charge in [-0.25, -0.2) is 0 Å². The maximum Gasteiger partial charge on any atom is 0.322 e. The summed E-state index contributed by atoms with van der Waals surface area (Å²) < 4.78 is 0. The van der Waals surface area contributed by atoms with Gasteiger partial charge >= 0.3 is 5.97 Å². The number of nitrogens with two attached hydrogens (primary N) is 1. The molecule has 1 saturated heterocycles. The van der Waals surface area contributed by atoms with E-state index in [1.807, 2.05) is 6.07 Å². The van der Waals surface area contributed by atoms with Crippen molar-refractivity contribution >= 4 is 29.6 Å². The fourth-order valence-corrected chi connectivity index (χ4v) is 3.21. The van der Waals surface area contributed by atoms with Crippen molar-refractivity contribution < 1.29 is 29.1 Å². The molecular weight excluding hydrogens is 406 g/mol. The number of carboxylic acids is 1. The normalized spacial score (nSPS) is 17.2. The van der Waals surface area contributed by atoms with E-state index in [9.17, 15) is 24.0 Å². The minimum atomic E-state index is -1.37. The summed E-state index contributed by atoms with van der Waals surface area (Å²) in [6, 6.07) is 6.19. The van der Waals surface area contributed by atoms with E-state index in [0.717, 1.165) is 12.0 Å². The lowest BCUT2D eigenvalue weighted by Gasteiger charge is -2.23. The van der Waals surface area contributed by atoms with Crippen molar-refractivity contribution in [3.05, 3.63) is 35.9 Å². The number of hydrogen-bond donors (Lipinski definition) is 6. The minimum Gasteiger partial charge on any atom is -0.480 e. The largest absolute Gasteiger partial charge is 0.480 e. The zero-order valence-electron chi connectivity index (χ0n) is 16.9. The molecule has 168 valence electrons.